The van der Waals surface area contributed by atoms with Gasteiger partial charge >= 0.3 is 0 Å². The van der Waals surface area contributed by atoms with Crippen LogP contribution in [0.5, 0.6) is 5.75 Å². The number of rotatable bonds is 4. The minimum atomic E-state index is -0.426. The highest BCUT2D eigenvalue weighted by Gasteiger charge is 2.21. The van der Waals surface area contributed by atoms with Crippen molar-refractivity contribution in [1.29, 1.82) is 5.26 Å². The standard InChI is InChI=1S/C17H21N3O3/c1-12-9-20(10-13(2)23-12)11-14(8-18)17(21)19-15-4-6-16(22-3)7-5-15/h4-7,11-13H,9-10H2,1-3H3,(H,19,21)/b14-11-. The second-order valence-electron chi connectivity index (χ2n) is 5.55. The average molecular weight is 315 g/mol. The Labute approximate surface area is 136 Å². The van der Waals surface area contributed by atoms with E-state index >= 15 is 0 Å². The predicted octanol–water partition coefficient (Wildman–Crippen LogP) is 2.15. The van der Waals surface area contributed by atoms with E-state index in [-0.39, 0.29) is 17.8 Å². The third-order valence-corrected chi connectivity index (χ3v) is 3.47. The number of carbonyl (C=O) groups excluding carboxylic acids is 1. The van der Waals surface area contributed by atoms with Crippen molar-refractivity contribution in [3.8, 4) is 11.8 Å². The molecule has 122 valence electrons. The Morgan fingerprint density at radius 1 is 1.35 bits per heavy atom. The number of methoxy groups -OCH3 is 1. The lowest BCUT2D eigenvalue weighted by Crippen LogP contribution is -2.43. The van der Waals surface area contributed by atoms with Crippen LogP contribution in [0.2, 0.25) is 0 Å². The molecule has 1 N–H and O–H groups in total. The van der Waals surface area contributed by atoms with Gasteiger partial charge in [0.25, 0.3) is 5.91 Å². The molecule has 0 radical (unpaired) electrons. The highest BCUT2D eigenvalue weighted by molar-refractivity contribution is 6.06. The fourth-order valence-corrected chi connectivity index (χ4v) is 2.52. The molecule has 1 aliphatic heterocycles. The van der Waals surface area contributed by atoms with E-state index in [1.807, 2.05) is 24.8 Å². The van der Waals surface area contributed by atoms with Gasteiger partial charge in [0.1, 0.15) is 17.4 Å². The zero-order valence-corrected chi connectivity index (χ0v) is 13.6. The third kappa shape index (κ3) is 4.73. The molecule has 1 aromatic rings. The van der Waals surface area contributed by atoms with Gasteiger partial charge in [-0.1, -0.05) is 0 Å². The van der Waals surface area contributed by atoms with Crippen LogP contribution in [0, 0.1) is 11.3 Å². The normalized spacial score (nSPS) is 21.5. The number of nitrogens with one attached hydrogen (secondary N) is 1. The Hall–Kier alpha value is -2.52. The van der Waals surface area contributed by atoms with Crippen LogP contribution in [0.1, 0.15) is 13.8 Å². The molecule has 1 aromatic carbocycles. The fraction of sp³-hybridized carbons (Fsp3) is 0.412. The van der Waals surface area contributed by atoms with E-state index in [1.165, 1.54) is 0 Å². The molecule has 0 aliphatic carbocycles. The maximum atomic E-state index is 12.2. The summed E-state index contributed by atoms with van der Waals surface area (Å²) in [7, 11) is 1.58. The van der Waals surface area contributed by atoms with Gasteiger partial charge in [-0.2, -0.15) is 5.26 Å². The van der Waals surface area contributed by atoms with Crippen LogP contribution in [-0.4, -0.2) is 43.2 Å². The van der Waals surface area contributed by atoms with Crippen LogP contribution in [-0.2, 0) is 9.53 Å². The molecule has 1 aliphatic rings. The molecule has 0 saturated carbocycles. The fourth-order valence-electron chi connectivity index (χ4n) is 2.52. The van der Waals surface area contributed by atoms with Crippen molar-refractivity contribution in [2.24, 2.45) is 0 Å². The van der Waals surface area contributed by atoms with E-state index in [0.717, 1.165) is 0 Å². The van der Waals surface area contributed by atoms with E-state index < -0.39 is 5.91 Å². The summed E-state index contributed by atoms with van der Waals surface area (Å²) in [6.07, 6.45) is 1.74. The van der Waals surface area contributed by atoms with E-state index in [0.29, 0.717) is 24.5 Å². The van der Waals surface area contributed by atoms with Crippen LogP contribution in [0.4, 0.5) is 5.69 Å². The van der Waals surface area contributed by atoms with Gasteiger partial charge in [-0.15, -0.1) is 0 Å². The molecule has 0 aromatic heterocycles. The summed E-state index contributed by atoms with van der Waals surface area (Å²) in [4.78, 5) is 14.2. The number of nitriles is 1. The Kier molecular flexibility index (Phi) is 5.61. The lowest BCUT2D eigenvalue weighted by Gasteiger charge is -2.34. The van der Waals surface area contributed by atoms with Gasteiger partial charge in [0.2, 0.25) is 0 Å². The lowest BCUT2D eigenvalue weighted by atomic mass is 10.2. The highest BCUT2D eigenvalue weighted by Crippen LogP contribution is 2.16. The van der Waals surface area contributed by atoms with Gasteiger partial charge in [-0.05, 0) is 38.1 Å². The molecule has 0 bridgehead atoms. The SMILES string of the molecule is COc1ccc(NC(=O)/C(C#N)=C\N2CC(C)OC(C)C2)cc1. The summed E-state index contributed by atoms with van der Waals surface area (Å²) in [5, 5.41) is 12.0. The Balaban J connectivity index is 2.05. The lowest BCUT2D eigenvalue weighted by molar-refractivity contribution is -0.112. The maximum absolute atomic E-state index is 12.2. The van der Waals surface area contributed by atoms with E-state index in [1.54, 1.807) is 37.6 Å². The first-order valence-electron chi connectivity index (χ1n) is 7.48. The zero-order valence-electron chi connectivity index (χ0n) is 13.6. The number of hydrogen-bond donors (Lipinski definition) is 1. The minimum absolute atomic E-state index is 0.0691. The molecule has 23 heavy (non-hydrogen) atoms. The number of nitrogens with zero attached hydrogens (tertiary/aromatic N) is 2. The molecule has 0 spiro atoms. The van der Waals surface area contributed by atoms with Crippen LogP contribution < -0.4 is 10.1 Å². The zero-order chi connectivity index (χ0) is 16.8. The summed E-state index contributed by atoms with van der Waals surface area (Å²) >= 11 is 0. The van der Waals surface area contributed by atoms with Crippen molar-refractivity contribution in [3.05, 3.63) is 36.0 Å². The van der Waals surface area contributed by atoms with Crippen LogP contribution in [0.25, 0.3) is 0 Å². The van der Waals surface area contributed by atoms with Crippen molar-refractivity contribution in [2.45, 2.75) is 26.1 Å². The van der Waals surface area contributed by atoms with Gasteiger partial charge in [-0.25, -0.2) is 0 Å². The summed E-state index contributed by atoms with van der Waals surface area (Å²) in [6.45, 7) is 5.26. The molecule has 6 heteroatoms. The van der Waals surface area contributed by atoms with Crippen LogP contribution in [0.15, 0.2) is 36.0 Å². The average Bonchev–Trinajstić information content (AvgIpc) is 2.52. The molecule has 1 saturated heterocycles. The highest BCUT2D eigenvalue weighted by atomic mass is 16.5. The largest absolute Gasteiger partial charge is 0.497 e. The van der Waals surface area contributed by atoms with Crippen molar-refractivity contribution >= 4 is 11.6 Å². The monoisotopic (exact) mass is 315 g/mol. The van der Waals surface area contributed by atoms with E-state index in [4.69, 9.17) is 9.47 Å². The van der Waals surface area contributed by atoms with Crippen molar-refractivity contribution in [1.82, 2.24) is 4.90 Å². The topological polar surface area (TPSA) is 74.6 Å². The van der Waals surface area contributed by atoms with Crippen molar-refractivity contribution in [3.63, 3.8) is 0 Å². The van der Waals surface area contributed by atoms with E-state index in [9.17, 15) is 10.1 Å². The Morgan fingerprint density at radius 2 is 1.96 bits per heavy atom. The molecule has 2 rings (SSSR count). The number of carbonyl (C=O) groups is 1. The molecule has 1 heterocycles. The number of benzene rings is 1. The predicted molar refractivity (Wildman–Crippen MR) is 86.9 cm³/mol. The Morgan fingerprint density at radius 3 is 2.48 bits per heavy atom. The number of morpholine rings is 1. The van der Waals surface area contributed by atoms with Gasteiger partial charge in [-0.3, -0.25) is 4.79 Å². The molecule has 1 fully saturated rings. The molecule has 1 amide bonds. The van der Waals surface area contributed by atoms with E-state index in [2.05, 4.69) is 5.32 Å². The van der Waals surface area contributed by atoms with Gasteiger partial charge in [0.05, 0.1) is 19.3 Å². The van der Waals surface area contributed by atoms with Crippen molar-refractivity contribution in [2.75, 3.05) is 25.5 Å². The van der Waals surface area contributed by atoms with Crippen LogP contribution in [0.3, 0.4) is 0 Å². The van der Waals surface area contributed by atoms with Gasteiger partial charge in [0.15, 0.2) is 0 Å². The number of ether oxygens (including phenoxy) is 2. The van der Waals surface area contributed by atoms with Crippen molar-refractivity contribution < 1.29 is 14.3 Å². The molecule has 2 unspecified atom stereocenters. The smallest absolute Gasteiger partial charge is 0.267 e. The Bertz CT molecular complexity index is 609. The third-order valence-electron chi connectivity index (χ3n) is 3.47. The second kappa shape index (κ2) is 7.65. The quantitative estimate of drug-likeness (QED) is 0.681. The van der Waals surface area contributed by atoms with Gasteiger partial charge in [0, 0.05) is 25.0 Å². The molecular formula is C17H21N3O3. The number of hydrogen-bond acceptors (Lipinski definition) is 5. The molecular weight excluding hydrogens is 294 g/mol. The van der Waals surface area contributed by atoms with Gasteiger partial charge < -0.3 is 19.7 Å². The maximum Gasteiger partial charge on any atom is 0.267 e. The summed E-state index contributed by atoms with van der Waals surface area (Å²) < 4.78 is 10.7. The summed E-state index contributed by atoms with van der Waals surface area (Å²) in [5.41, 5.74) is 0.683. The number of anilines is 1. The summed E-state index contributed by atoms with van der Waals surface area (Å²) in [5.74, 6) is 0.278. The van der Waals surface area contributed by atoms with Crippen LogP contribution >= 0.6 is 0 Å². The number of amides is 1. The minimum Gasteiger partial charge on any atom is -0.497 e. The first-order valence-corrected chi connectivity index (χ1v) is 7.48. The summed E-state index contributed by atoms with van der Waals surface area (Å²) in [6, 6.07) is 8.91. The first-order chi connectivity index (χ1) is 11.0. The molecule has 6 nitrogen and oxygen atoms in total. The molecule has 2 atom stereocenters. The first kappa shape index (κ1) is 16.8. The second-order valence-corrected chi connectivity index (χ2v) is 5.55.